The Kier molecular flexibility index (Phi) is 4.34. The molecule has 1 aromatic heterocycles. The van der Waals surface area contributed by atoms with Crippen molar-refractivity contribution in [3.8, 4) is 5.69 Å². The Morgan fingerprint density at radius 2 is 2.04 bits per heavy atom. The van der Waals surface area contributed by atoms with Gasteiger partial charge < -0.3 is 10.6 Å². The van der Waals surface area contributed by atoms with Gasteiger partial charge in [-0.25, -0.2) is 4.68 Å². The van der Waals surface area contributed by atoms with E-state index in [2.05, 4.69) is 22.7 Å². The van der Waals surface area contributed by atoms with E-state index >= 15 is 0 Å². The van der Waals surface area contributed by atoms with Crippen LogP contribution in [0.2, 0.25) is 0 Å². The van der Waals surface area contributed by atoms with Crippen LogP contribution >= 0.6 is 0 Å². The Bertz CT molecular complexity index is 745. The highest BCUT2D eigenvalue weighted by Gasteiger charge is 2.21. The average Bonchev–Trinajstić information content (AvgIpc) is 2.90. The smallest absolute Gasteiger partial charge is 0.271 e. The number of nitrogens with one attached hydrogen (secondary N) is 3. The number of hydrogen-bond donors (Lipinski definition) is 3. The van der Waals surface area contributed by atoms with Crippen molar-refractivity contribution in [1.82, 2.24) is 20.4 Å². The topological polar surface area (TPSA) is 78.9 Å². The molecule has 122 valence electrons. The summed E-state index contributed by atoms with van der Waals surface area (Å²) in [7, 11) is 0. The Morgan fingerprint density at radius 1 is 1.30 bits per heavy atom. The SMILES string of the molecule is Cc1ccc(-n2[nH]c(C(=O)NC3CCNC(C)C3)cc2=O)cc1. The summed E-state index contributed by atoms with van der Waals surface area (Å²) in [5, 5.41) is 9.25. The first-order chi connectivity index (χ1) is 11.0. The average molecular weight is 314 g/mol. The fraction of sp³-hybridized carbons (Fsp3) is 0.412. The van der Waals surface area contributed by atoms with Gasteiger partial charge in [-0.05, 0) is 45.4 Å². The molecule has 6 nitrogen and oxygen atoms in total. The van der Waals surface area contributed by atoms with Gasteiger partial charge in [0.1, 0.15) is 5.69 Å². The van der Waals surface area contributed by atoms with Crippen LogP contribution in [0.25, 0.3) is 5.69 Å². The number of piperidine rings is 1. The first-order valence-corrected chi connectivity index (χ1v) is 7.96. The zero-order valence-electron chi connectivity index (χ0n) is 13.4. The first-order valence-electron chi connectivity index (χ1n) is 7.96. The molecule has 1 amide bonds. The Balaban J connectivity index is 1.76. The summed E-state index contributed by atoms with van der Waals surface area (Å²) in [4.78, 5) is 24.5. The second-order valence-electron chi connectivity index (χ2n) is 6.23. The summed E-state index contributed by atoms with van der Waals surface area (Å²) in [5.41, 5.74) is 1.89. The fourth-order valence-electron chi connectivity index (χ4n) is 2.92. The highest BCUT2D eigenvalue weighted by Crippen LogP contribution is 2.10. The van der Waals surface area contributed by atoms with Gasteiger partial charge in [-0.1, -0.05) is 17.7 Å². The van der Waals surface area contributed by atoms with Crippen LogP contribution in [0.5, 0.6) is 0 Å². The molecule has 1 aliphatic heterocycles. The molecule has 1 aromatic carbocycles. The minimum absolute atomic E-state index is 0.143. The van der Waals surface area contributed by atoms with E-state index in [1.807, 2.05) is 31.2 Å². The van der Waals surface area contributed by atoms with Crippen molar-refractivity contribution in [3.05, 3.63) is 51.9 Å². The summed E-state index contributed by atoms with van der Waals surface area (Å²) < 4.78 is 1.39. The van der Waals surface area contributed by atoms with Crippen LogP contribution in [0.3, 0.4) is 0 Å². The summed E-state index contributed by atoms with van der Waals surface area (Å²) in [6.07, 6.45) is 1.80. The summed E-state index contributed by atoms with van der Waals surface area (Å²) >= 11 is 0. The highest BCUT2D eigenvalue weighted by molar-refractivity contribution is 5.92. The van der Waals surface area contributed by atoms with Gasteiger partial charge in [0.25, 0.3) is 11.5 Å². The summed E-state index contributed by atoms with van der Waals surface area (Å²) in [6.45, 7) is 4.99. The van der Waals surface area contributed by atoms with Crippen molar-refractivity contribution in [3.63, 3.8) is 0 Å². The maximum absolute atomic E-state index is 12.4. The van der Waals surface area contributed by atoms with Crippen LogP contribution in [0, 0.1) is 6.92 Å². The molecule has 3 rings (SSSR count). The number of amides is 1. The molecule has 2 aromatic rings. The molecule has 1 aliphatic rings. The van der Waals surface area contributed by atoms with Crippen LogP contribution in [-0.4, -0.2) is 34.3 Å². The van der Waals surface area contributed by atoms with Gasteiger partial charge in [0.15, 0.2) is 0 Å². The highest BCUT2D eigenvalue weighted by atomic mass is 16.2. The van der Waals surface area contributed by atoms with E-state index in [1.54, 1.807) is 0 Å². The number of aryl methyl sites for hydroxylation is 1. The molecule has 0 spiro atoms. The number of carbonyl (C=O) groups is 1. The van der Waals surface area contributed by atoms with Crippen LogP contribution in [0.4, 0.5) is 0 Å². The maximum Gasteiger partial charge on any atom is 0.271 e. The van der Waals surface area contributed by atoms with Crippen LogP contribution < -0.4 is 16.2 Å². The van der Waals surface area contributed by atoms with Crippen LogP contribution in [0.1, 0.15) is 35.8 Å². The molecule has 0 radical (unpaired) electrons. The number of nitrogens with zero attached hydrogens (tertiary/aromatic N) is 1. The van der Waals surface area contributed by atoms with Gasteiger partial charge in [0, 0.05) is 18.2 Å². The number of carbonyl (C=O) groups excluding carboxylic acids is 1. The van der Waals surface area contributed by atoms with Crippen molar-refractivity contribution in [1.29, 1.82) is 0 Å². The molecule has 2 heterocycles. The number of hydrogen-bond acceptors (Lipinski definition) is 3. The van der Waals surface area contributed by atoms with E-state index in [4.69, 9.17) is 0 Å². The van der Waals surface area contributed by atoms with Gasteiger partial charge >= 0.3 is 0 Å². The van der Waals surface area contributed by atoms with Gasteiger partial charge in [0.05, 0.1) is 5.69 Å². The van der Waals surface area contributed by atoms with Crippen molar-refractivity contribution >= 4 is 5.91 Å². The minimum Gasteiger partial charge on any atom is -0.348 e. The summed E-state index contributed by atoms with van der Waals surface area (Å²) in [6, 6.07) is 9.44. The molecular weight excluding hydrogens is 292 g/mol. The normalized spacial score (nSPS) is 21.1. The van der Waals surface area contributed by atoms with Gasteiger partial charge in [0.2, 0.25) is 0 Å². The summed E-state index contributed by atoms with van der Waals surface area (Å²) in [5.74, 6) is -0.230. The van der Waals surface area contributed by atoms with E-state index in [0.717, 1.165) is 30.6 Å². The Labute approximate surface area is 134 Å². The van der Waals surface area contributed by atoms with Gasteiger partial charge in [-0.15, -0.1) is 0 Å². The first kappa shape index (κ1) is 15.6. The van der Waals surface area contributed by atoms with Crippen molar-refractivity contribution in [2.45, 2.75) is 38.8 Å². The van der Waals surface area contributed by atoms with E-state index in [9.17, 15) is 9.59 Å². The van der Waals surface area contributed by atoms with Gasteiger partial charge in [-0.3, -0.25) is 14.7 Å². The van der Waals surface area contributed by atoms with Crippen molar-refractivity contribution < 1.29 is 4.79 Å². The molecule has 3 N–H and O–H groups in total. The van der Waals surface area contributed by atoms with E-state index < -0.39 is 0 Å². The largest absolute Gasteiger partial charge is 0.348 e. The maximum atomic E-state index is 12.4. The van der Waals surface area contributed by atoms with Crippen LogP contribution in [0.15, 0.2) is 35.1 Å². The molecule has 1 fully saturated rings. The lowest BCUT2D eigenvalue weighted by Gasteiger charge is -2.28. The number of benzene rings is 1. The van der Waals surface area contributed by atoms with Crippen molar-refractivity contribution in [2.75, 3.05) is 6.54 Å². The molecule has 0 bridgehead atoms. The fourth-order valence-corrected chi connectivity index (χ4v) is 2.92. The predicted molar refractivity (Wildman–Crippen MR) is 89.1 cm³/mol. The van der Waals surface area contributed by atoms with E-state index in [-0.39, 0.29) is 17.5 Å². The number of aromatic amines is 1. The second-order valence-corrected chi connectivity index (χ2v) is 6.23. The molecule has 6 heteroatoms. The van der Waals surface area contributed by atoms with Gasteiger partial charge in [-0.2, -0.15) is 0 Å². The lowest BCUT2D eigenvalue weighted by molar-refractivity contribution is 0.0920. The van der Waals surface area contributed by atoms with E-state index in [1.165, 1.54) is 10.7 Å². The zero-order valence-corrected chi connectivity index (χ0v) is 13.4. The molecule has 0 saturated carbocycles. The lowest BCUT2D eigenvalue weighted by atomic mass is 10.0. The molecule has 23 heavy (non-hydrogen) atoms. The minimum atomic E-state index is -0.238. The molecule has 2 atom stereocenters. The lowest BCUT2D eigenvalue weighted by Crippen LogP contribution is -2.46. The van der Waals surface area contributed by atoms with E-state index in [0.29, 0.717) is 11.7 Å². The molecular formula is C17H22N4O2. The Hall–Kier alpha value is -2.34. The Morgan fingerprint density at radius 3 is 2.74 bits per heavy atom. The van der Waals surface area contributed by atoms with Crippen LogP contribution in [-0.2, 0) is 0 Å². The quantitative estimate of drug-likeness (QED) is 0.800. The predicted octanol–water partition coefficient (Wildman–Crippen LogP) is 1.34. The zero-order chi connectivity index (χ0) is 16.4. The molecule has 2 unspecified atom stereocenters. The molecule has 1 saturated heterocycles. The molecule has 0 aliphatic carbocycles. The monoisotopic (exact) mass is 314 g/mol. The number of rotatable bonds is 3. The number of aromatic nitrogens is 2. The third kappa shape index (κ3) is 3.53. The third-order valence-electron chi connectivity index (χ3n) is 4.22. The second kappa shape index (κ2) is 6.42. The third-order valence-corrected chi connectivity index (χ3v) is 4.22. The standard InChI is InChI=1S/C17H22N4O2/c1-11-3-5-14(6-4-11)21-16(22)10-15(20-21)17(23)19-13-7-8-18-12(2)9-13/h3-6,10,12-13,18,20H,7-9H2,1-2H3,(H,19,23). The van der Waals surface area contributed by atoms with Crippen molar-refractivity contribution in [2.24, 2.45) is 0 Å². The number of H-pyrrole nitrogens is 1.